The summed E-state index contributed by atoms with van der Waals surface area (Å²) >= 11 is 0. The highest BCUT2D eigenvalue weighted by atomic mass is 16.7. The smallest absolute Gasteiger partial charge is 0.324 e. The van der Waals surface area contributed by atoms with Crippen molar-refractivity contribution >= 4 is 17.9 Å². The molecule has 250 valence electrons. The van der Waals surface area contributed by atoms with Crippen LogP contribution in [0.5, 0.6) is 11.5 Å². The van der Waals surface area contributed by atoms with Crippen LogP contribution in [0, 0.1) is 5.92 Å². The summed E-state index contributed by atoms with van der Waals surface area (Å²) in [5, 5.41) is 9.28. The number of esters is 3. The number of rotatable bonds is 10. The van der Waals surface area contributed by atoms with Crippen molar-refractivity contribution in [1.82, 2.24) is 0 Å². The number of carbonyl (C=O) groups excluding carboxylic acids is 3. The third-order valence-electron chi connectivity index (χ3n) is 7.29. The number of aromatic hydroxyl groups is 1. The Kier molecular flexibility index (Phi) is 13.4. The fourth-order valence-electron chi connectivity index (χ4n) is 5.29. The van der Waals surface area contributed by atoms with Gasteiger partial charge in [0.2, 0.25) is 0 Å². The monoisotopic (exact) mass is 636 g/mol. The third kappa shape index (κ3) is 11.4. The molecule has 2 aromatic carbocycles. The summed E-state index contributed by atoms with van der Waals surface area (Å²) in [5.41, 5.74) is 3.96. The van der Waals surface area contributed by atoms with Gasteiger partial charge in [0, 0.05) is 32.1 Å². The molecule has 4 rings (SSSR count). The highest BCUT2D eigenvalue weighted by molar-refractivity contribution is 5.98. The van der Waals surface area contributed by atoms with Crippen molar-refractivity contribution in [3.8, 4) is 11.5 Å². The highest BCUT2D eigenvalue weighted by Gasteiger charge is 2.47. The Morgan fingerprint density at radius 3 is 2.02 bits per heavy atom. The molecule has 3 atom stereocenters. The van der Waals surface area contributed by atoms with Gasteiger partial charge in [-0.3, -0.25) is 14.4 Å². The number of allylic oxidation sites excluding steroid dienone is 4. The standard InChI is InChI=1S/C22H28O6.C15H20O3/c1-14(2)13-17(19-20(23)27-22(3,4)28-21(19)24)15-8-10-16(11-9-15)26-18-7-5-6-12-25-18;1-4-18-15(17)10-13(9-11(2)3)12-5-7-14(16)8-6-12/h8-11,13,17-19H,5-7,12H2,1-4H3;5-9,13,16H,4,10H2,1-3H3. The Hall–Kier alpha value is -4.11. The van der Waals surface area contributed by atoms with Gasteiger partial charge in [0.15, 0.2) is 12.2 Å². The molecule has 0 saturated carbocycles. The first kappa shape index (κ1) is 36.4. The van der Waals surface area contributed by atoms with E-state index >= 15 is 0 Å². The van der Waals surface area contributed by atoms with Crippen LogP contribution in [0.4, 0.5) is 0 Å². The van der Waals surface area contributed by atoms with Crippen LogP contribution < -0.4 is 4.74 Å². The second-order valence-corrected chi connectivity index (χ2v) is 12.4. The largest absolute Gasteiger partial charge is 0.508 e. The van der Waals surface area contributed by atoms with Gasteiger partial charge in [-0.25, -0.2) is 0 Å². The van der Waals surface area contributed by atoms with E-state index in [0.717, 1.165) is 41.5 Å². The zero-order valence-electron chi connectivity index (χ0n) is 28.0. The molecular formula is C37H48O9. The lowest BCUT2D eigenvalue weighted by molar-refractivity contribution is -0.240. The minimum atomic E-state index is -1.24. The molecular weight excluding hydrogens is 588 g/mol. The molecule has 3 unspecified atom stereocenters. The lowest BCUT2D eigenvalue weighted by atomic mass is 9.84. The first-order valence-corrected chi connectivity index (χ1v) is 15.9. The van der Waals surface area contributed by atoms with Gasteiger partial charge in [0.05, 0.1) is 19.6 Å². The van der Waals surface area contributed by atoms with E-state index in [0.29, 0.717) is 25.4 Å². The zero-order chi connectivity index (χ0) is 33.9. The van der Waals surface area contributed by atoms with Crippen molar-refractivity contribution in [2.75, 3.05) is 13.2 Å². The zero-order valence-corrected chi connectivity index (χ0v) is 28.0. The van der Waals surface area contributed by atoms with Crippen molar-refractivity contribution in [2.45, 2.75) is 98.1 Å². The van der Waals surface area contributed by atoms with E-state index in [-0.39, 0.29) is 23.9 Å². The van der Waals surface area contributed by atoms with Crippen LogP contribution in [0.1, 0.15) is 97.1 Å². The van der Waals surface area contributed by atoms with Crippen LogP contribution in [0.3, 0.4) is 0 Å². The first-order chi connectivity index (χ1) is 21.8. The Morgan fingerprint density at radius 1 is 0.913 bits per heavy atom. The minimum Gasteiger partial charge on any atom is -0.508 e. The fraction of sp³-hybridized carbons (Fsp3) is 0.486. The van der Waals surface area contributed by atoms with E-state index < -0.39 is 29.6 Å². The van der Waals surface area contributed by atoms with Crippen LogP contribution in [0.25, 0.3) is 0 Å². The lowest BCUT2D eigenvalue weighted by Gasteiger charge is -2.35. The van der Waals surface area contributed by atoms with Gasteiger partial charge >= 0.3 is 17.9 Å². The Balaban J connectivity index is 0.000000277. The van der Waals surface area contributed by atoms with Crippen LogP contribution in [0.15, 0.2) is 71.8 Å². The van der Waals surface area contributed by atoms with Gasteiger partial charge in [-0.2, -0.15) is 0 Å². The number of carbonyl (C=O) groups is 3. The number of ether oxygens (including phenoxy) is 5. The second-order valence-electron chi connectivity index (χ2n) is 12.4. The van der Waals surface area contributed by atoms with E-state index in [1.54, 1.807) is 32.9 Å². The van der Waals surface area contributed by atoms with Crippen molar-refractivity contribution in [3.63, 3.8) is 0 Å². The lowest BCUT2D eigenvalue weighted by Crippen LogP contribution is -2.48. The van der Waals surface area contributed by atoms with E-state index in [4.69, 9.17) is 23.7 Å². The predicted molar refractivity (Wildman–Crippen MR) is 174 cm³/mol. The van der Waals surface area contributed by atoms with Gasteiger partial charge in [0.25, 0.3) is 5.79 Å². The normalized spacial score (nSPS) is 18.8. The van der Waals surface area contributed by atoms with E-state index in [9.17, 15) is 19.5 Å². The van der Waals surface area contributed by atoms with Gasteiger partial charge in [-0.1, -0.05) is 47.6 Å². The topological polar surface area (TPSA) is 118 Å². The molecule has 2 saturated heterocycles. The predicted octanol–water partition coefficient (Wildman–Crippen LogP) is 7.49. The molecule has 2 heterocycles. The second kappa shape index (κ2) is 17.0. The van der Waals surface area contributed by atoms with Gasteiger partial charge in [0.1, 0.15) is 11.5 Å². The van der Waals surface area contributed by atoms with Gasteiger partial charge < -0.3 is 28.8 Å². The van der Waals surface area contributed by atoms with Crippen LogP contribution in [-0.4, -0.2) is 48.3 Å². The summed E-state index contributed by atoms with van der Waals surface area (Å²) in [4.78, 5) is 36.7. The van der Waals surface area contributed by atoms with Gasteiger partial charge in [-0.15, -0.1) is 0 Å². The average Bonchev–Trinajstić information content (AvgIpc) is 2.97. The van der Waals surface area contributed by atoms with Crippen LogP contribution in [-0.2, 0) is 33.3 Å². The number of hydrogen-bond acceptors (Lipinski definition) is 9. The van der Waals surface area contributed by atoms with E-state index in [1.807, 2.05) is 76.2 Å². The third-order valence-corrected chi connectivity index (χ3v) is 7.29. The summed E-state index contributed by atoms with van der Waals surface area (Å²) in [5.74, 6) is -3.16. The van der Waals surface area contributed by atoms with Crippen molar-refractivity contribution < 1.29 is 43.2 Å². The molecule has 0 bridgehead atoms. The summed E-state index contributed by atoms with van der Waals surface area (Å²) < 4.78 is 27.1. The molecule has 0 radical (unpaired) electrons. The van der Waals surface area contributed by atoms with Crippen LogP contribution >= 0.6 is 0 Å². The molecule has 2 aliphatic heterocycles. The summed E-state index contributed by atoms with van der Waals surface area (Å²) in [6, 6.07) is 14.3. The summed E-state index contributed by atoms with van der Waals surface area (Å²) in [6.07, 6.45) is 7.07. The quantitative estimate of drug-likeness (QED) is 0.161. The molecule has 2 fully saturated rings. The van der Waals surface area contributed by atoms with E-state index in [2.05, 4.69) is 0 Å². The van der Waals surface area contributed by atoms with Crippen molar-refractivity contribution in [2.24, 2.45) is 5.92 Å². The molecule has 0 aliphatic carbocycles. The maximum atomic E-state index is 12.6. The Morgan fingerprint density at radius 2 is 1.50 bits per heavy atom. The molecule has 2 aliphatic rings. The number of phenolic OH excluding ortho intramolecular Hbond substituents is 1. The first-order valence-electron chi connectivity index (χ1n) is 15.9. The number of cyclic esters (lactones) is 2. The van der Waals surface area contributed by atoms with Gasteiger partial charge in [-0.05, 0) is 82.9 Å². The fourth-order valence-corrected chi connectivity index (χ4v) is 5.29. The Bertz CT molecular complexity index is 1340. The minimum absolute atomic E-state index is 0.00495. The maximum absolute atomic E-state index is 12.6. The number of hydrogen-bond donors (Lipinski definition) is 1. The summed E-state index contributed by atoms with van der Waals surface area (Å²) in [6.45, 7) is 13.9. The molecule has 0 aromatic heterocycles. The molecule has 9 nitrogen and oxygen atoms in total. The number of benzene rings is 2. The molecule has 9 heteroatoms. The number of phenols is 1. The molecule has 0 spiro atoms. The van der Waals surface area contributed by atoms with E-state index in [1.165, 1.54) is 0 Å². The molecule has 46 heavy (non-hydrogen) atoms. The molecule has 0 amide bonds. The van der Waals surface area contributed by atoms with Crippen molar-refractivity contribution in [3.05, 3.63) is 83.0 Å². The highest BCUT2D eigenvalue weighted by Crippen LogP contribution is 2.36. The average molecular weight is 637 g/mol. The molecule has 2 aromatic rings. The van der Waals surface area contributed by atoms with Crippen LogP contribution in [0.2, 0.25) is 0 Å². The van der Waals surface area contributed by atoms with Crippen molar-refractivity contribution in [1.29, 1.82) is 0 Å². The Labute approximate surface area is 272 Å². The summed E-state index contributed by atoms with van der Waals surface area (Å²) in [7, 11) is 0. The molecule has 1 N–H and O–H groups in total. The maximum Gasteiger partial charge on any atom is 0.324 e. The SMILES string of the molecule is CC(C)=CC(c1ccc(OC2CCCCO2)cc1)C1C(=O)OC(C)(C)OC1=O.CCOC(=O)CC(C=C(C)C)c1ccc(O)cc1.